The molecule has 0 heterocycles. The summed E-state index contributed by atoms with van der Waals surface area (Å²) in [7, 11) is 2.93. The minimum Gasteiger partial charge on any atom is -0.493 e. The molecule has 0 fully saturated rings. The van der Waals surface area contributed by atoms with E-state index in [0.717, 1.165) is 6.42 Å². The van der Waals surface area contributed by atoms with Crippen LogP contribution in [-0.4, -0.2) is 49.6 Å². The van der Waals surface area contributed by atoms with Crippen LogP contribution in [0.25, 0.3) is 0 Å². The fourth-order valence-corrected chi connectivity index (χ4v) is 3.63. The van der Waals surface area contributed by atoms with Gasteiger partial charge in [-0.05, 0) is 35.7 Å². The van der Waals surface area contributed by atoms with Crippen LogP contribution in [0.5, 0.6) is 11.5 Å². The van der Waals surface area contributed by atoms with Gasteiger partial charge in [0.25, 0.3) is 0 Å². The average molecular weight is 461 g/mol. The number of esters is 2. The lowest BCUT2D eigenvalue weighted by Crippen LogP contribution is -2.32. The molecule has 1 atom stereocenters. The number of carbonyl (C=O) groups excluding carboxylic acids is 2. The number of methoxy groups -OCH3 is 2. The van der Waals surface area contributed by atoms with Crippen molar-refractivity contribution in [3.63, 3.8) is 0 Å². The van der Waals surface area contributed by atoms with Crippen molar-refractivity contribution in [2.75, 3.05) is 27.4 Å². The standard InChI is InChI=1S/C25H32O8/c1-5-12-25(2,15-32-23(28)18-9-6-8-17(13-26)20(18)14-27)16-33-24(29)19-10-7-11-21(30-3)22(19)31-4/h6-11,26-27H,5,12-16H2,1-4H3. The maximum atomic E-state index is 12.7. The summed E-state index contributed by atoms with van der Waals surface area (Å²) in [6.07, 6.45) is 1.43. The van der Waals surface area contributed by atoms with E-state index in [-0.39, 0.29) is 36.7 Å². The van der Waals surface area contributed by atoms with Gasteiger partial charge in [-0.1, -0.05) is 38.5 Å². The summed E-state index contributed by atoms with van der Waals surface area (Å²) < 4.78 is 21.6. The molecule has 180 valence electrons. The first-order valence-electron chi connectivity index (χ1n) is 10.7. The van der Waals surface area contributed by atoms with Crippen molar-refractivity contribution in [2.45, 2.75) is 39.9 Å². The molecule has 2 aromatic carbocycles. The van der Waals surface area contributed by atoms with E-state index >= 15 is 0 Å². The molecule has 0 radical (unpaired) electrons. The van der Waals surface area contributed by atoms with E-state index in [1.165, 1.54) is 14.2 Å². The van der Waals surface area contributed by atoms with Crippen LogP contribution in [0, 0.1) is 5.41 Å². The second-order valence-electron chi connectivity index (χ2n) is 8.01. The summed E-state index contributed by atoms with van der Waals surface area (Å²) >= 11 is 0. The van der Waals surface area contributed by atoms with Crippen molar-refractivity contribution in [3.05, 3.63) is 58.7 Å². The molecule has 0 saturated carbocycles. The summed E-state index contributed by atoms with van der Waals surface area (Å²) in [6.45, 7) is 3.20. The van der Waals surface area contributed by atoms with Crippen LogP contribution in [-0.2, 0) is 22.7 Å². The largest absolute Gasteiger partial charge is 0.493 e. The number of benzene rings is 2. The lowest BCUT2D eigenvalue weighted by molar-refractivity contribution is -0.00272. The highest BCUT2D eigenvalue weighted by atomic mass is 16.6. The Labute approximate surface area is 194 Å². The lowest BCUT2D eigenvalue weighted by Gasteiger charge is -2.28. The fraction of sp³-hybridized carbons (Fsp3) is 0.440. The minimum atomic E-state index is -0.625. The van der Waals surface area contributed by atoms with Crippen molar-refractivity contribution in [1.82, 2.24) is 0 Å². The Morgan fingerprint density at radius 2 is 1.48 bits per heavy atom. The Balaban J connectivity index is 2.12. The number of rotatable bonds is 12. The Kier molecular flexibility index (Phi) is 9.69. The van der Waals surface area contributed by atoms with E-state index < -0.39 is 24.0 Å². The Morgan fingerprint density at radius 3 is 2.03 bits per heavy atom. The molecule has 0 aliphatic rings. The van der Waals surface area contributed by atoms with Crippen LogP contribution in [0.4, 0.5) is 0 Å². The van der Waals surface area contributed by atoms with Crippen molar-refractivity contribution in [1.29, 1.82) is 0 Å². The van der Waals surface area contributed by atoms with Crippen molar-refractivity contribution in [2.24, 2.45) is 5.41 Å². The molecule has 0 spiro atoms. The molecule has 33 heavy (non-hydrogen) atoms. The van der Waals surface area contributed by atoms with Gasteiger partial charge >= 0.3 is 11.9 Å². The van der Waals surface area contributed by atoms with Crippen molar-refractivity contribution < 1.29 is 38.7 Å². The van der Waals surface area contributed by atoms with E-state index in [1.54, 1.807) is 36.4 Å². The van der Waals surface area contributed by atoms with Crippen LogP contribution in [0.3, 0.4) is 0 Å². The molecular formula is C25H32O8. The van der Waals surface area contributed by atoms with Crippen LogP contribution in [0.15, 0.2) is 36.4 Å². The SMILES string of the molecule is CCCC(C)(COC(=O)c1cccc(CO)c1CO)COC(=O)c1cccc(OC)c1OC. The van der Waals surface area contributed by atoms with E-state index in [0.29, 0.717) is 23.3 Å². The van der Waals surface area contributed by atoms with Gasteiger partial charge in [0, 0.05) is 5.41 Å². The first kappa shape index (κ1) is 26.2. The zero-order chi connectivity index (χ0) is 24.4. The number of aliphatic hydroxyl groups excluding tert-OH is 2. The topological polar surface area (TPSA) is 112 Å². The zero-order valence-electron chi connectivity index (χ0n) is 19.6. The number of hydrogen-bond acceptors (Lipinski definition) is 8. The molecule has 8 nitrogen and oxygen atoms in total. The zero-order valence-corrected chi connectivity index (χ0v) is 19.6. The third-order valence-electron chi connectivity index (χ3n) is 5.40. The highest BCUT2D eigenvalue weighted by molar-refractivity contribution is 5.93. The monoisotopic (exact) mass is 460 g/mol. The number of hydrogen-bond donors (Lipinski definition) is 2. The van der Waals surface area contributed by atoms with E-state index in [2.05, 4.69) is 0 Å². The molecule has 2 rings (SSSR count). The maximum absolute atomic E-state index is 12.7. The Morgan fingerprint density at radius 1 is 0.879 bits per heavy atom. The maximum Gasteiger partial charge on any atom is 0.342 e. The van der Waals surface area contributed by atoms with Crippen molar-refractivity contribution in [3.8, 4) is 11.5 Å². The van der Waals surface area contributed by atoms with Gasteiger partial charge < -0.3 is 29.2 Å². The highest BCUT2D eigenvalue weighted by Gasteiger charge is 2.29. The first-order valence-corrected chi connectivity index (χ1v) is 10.7. The van der Waals surface area contributed by atoms with Gasteiger partial charge in [-0.3, -0.25) is 0 Å². The number of ether oxygens (including phenoxy) is 4. The summed E-state index contributed by atoms with van der Waals surface area (Å²) in [4.78, 5) is 25.4. The van der Waals surface area contributed by atoms with Gasteiger partial charge in [0.1, 0.15) is 18.8 Å². The van der Waals surface area contributed by atoms with Gasteiger partial charge in [0.2, 0.25) is 0 Å². The van der Waals surface area contributed by atoms with E-state index in [9.17, 15) is 19.8 Å². The lowest BCUT2D eigenvalue weighted by atomic mass is 9.87. The van der Waals surface area contributed by atoms with Crippen molar-refractivity contribution >= 4 is 11.9 Å². The quantitative estimate of drug-likeness (QED) is 0.463. The van der Waals surface area contributed by atoms with E-state index in [4.69, 9.17) is 18.9 Å². The summed E-state index contributed by atoms with van der Waals surface area (Å²) in [5, 5.41) is 19.1. The second kappa shape index (κ2) is 12.2. The predicted octanol–water partition coefficient (Wildman–Crippen LogP) is 3.51. The molecule has 1 unspecified atom stereocenters. The second-order valence-corrected chi connectivity index (χ2v) is 8.01. The highest BCUT2D eigenvalue weighted by Crippen LogP contribution is 2.32. The Bertz CT molecular complexity index is 882. The third-order valence-corrected chi connectivity index (χ3v) is 5.40. The average Bonchev–Trinajstić information content (AvgIpc) is 2.84. The van der Waals surface area contributed by atoms with Crippen LogP contribution < -0.4 is 9.47 Å². The number of para-hydroxylation sites is 1. The predicted molar refractivity (Wildman–Crippen MR) is 121 cm³/mol. The molecule has 0 bridgehead atoms. The first-order chi connectivity index (χ1) is 15.8. The third kappa shape index (κ3) is 6.46. The molecule has 0 aliphatic carbocycles. The smallest absolute Gasteiger partial charge is 0.342 e. The summed E-state index contributed by atoms with van der Waals surface area (Å²) in [5.74, 6) is -0.481. The van der Waals surface area contributed by atoms with Crippen LogP contribution in [0.1, 0.15) is 58.5 Å². The molecule has 2 N–H and O–H groups in total. The normalized spacial score (nSPS) is 12.5. The molecule has 0 aliphatic heterocycles. The summed E-state index contributed by atoms with van der Waals surface area (Å²) in [6, 6.07) is 9.74. The molecular weight excluding hydrogens is 428 g/mol. The van der Waals surface area contributed by atoms with Crippen LogP contribution in [0.2, 0.25) is 0 Å². The molecule has 0 amide bonds. The number of aliphatic hydroxyl groups is 2. The Hall–Kier alpha value is -3.10. The molecule has 0 aromatic heterocycles. The van der Waals surface area contributed by atoms with Crippen LogP contribution >= 0.6 is 0 Å². The molecule has 8 heteroatoms. The minimum absolute atomic E-state index is 0.0103. The van der Waals surface area contributed by atoms with Gasteiger partial charge in [-0.15, -0.1) is 0 Å². The van der Waals surface area contributed by atoms with Gasteiger partial charge in [-0.25, -0.2) is 9.59 Å². The molecule has 2 aromatic rings. The van der Waals surface area contributed by atoms with Gasteiger partial charge in [-0.2, -0.15) is 0 Å². The fourth-order valence-electron chi connectivity index (χ4n) is 3.63. The van der Waals surface area contributed by atoms with Gasteiger partial charge in [0.05, 0.1) is 33.0 Å². The summed E-state index contributed by atoms with van der Waals surface area (Å²) in [5.41, 5.74) is 0.602. The molecule has 0 saturated heterocycles. The number of carbonyl (C=O) groups is 2. The van der Waals surface area contributed by atoms with Gasteiger partial charge in [0.15, 0.2) is 11.5 Å². The van der Waals surface area contributed by atoms with E-state index in [1.807, 2.05) is 13.8 Å².